The molecule has 0 aliphatic heterocycles. The van der Waals surface area contributed by atoms with Crippen LogP contribution in [0.15, 0.2) is 42.5 Å². The number of esters is 1. The number of carbonyl (C=O) groups is 1. The van der Waals surface area contributed by atoms with Gasteiger partial charge in [0.1, 0.15) is 6.10 Å². The van der Waals surface area contributed by atoms with Gasteiger partial charge >= 0.3 is 5.97 Å². The maximum absolute atomic E-state index is 11.9. The quantitative estimate of drug-likeness (QED) is 0.450. The highest BCUT2D eigenvalue weighted by Crippen LogP contribution is 2.20. The van der Waals surface area contributed by atoms with Crippen LogP contribution in [0.1, 0.15) is 69.5 Å². The summed E-state index contributed by atoms with van der Waals surface area (Å²) in [5, 5.41) is 10.1. The van der Waals surface area contributed by atoms with Gasteiger partial charge in [0.15, 0.2) is 0 Å². The summed E-state index contributed by atoms with van der Waals surface area (Å²) in [6, 6.07) is 9.67. The van der Waals surface area contributed by atoms with Crippen molar-refractivity contribution in [2.24, 2.45) is 0 Å². The normalized spacial score (nSPS) is 21.0. The fourth-order valence-electron chi connectivity index (χ4n) is 2.94. The van der Waals surface area contributed by atoms with E-state index in [9.17, 15) is 9.90 Å². The van der Waals surface area contributed by atoms with Crippen molar-refractivity contribution < 1.29 is 14.6 Å². The number of hydrogen-bond acceptors (Lipinski definition) is 3. The maximum atomic E-state index is 11.9. The van der Waals surface area contributed by atoms with Crippen LogP contribution < -0.4 is 0 Å². The van der Waals surface area contributed by atoms with Gasteiger partial charge in [-0.15, -0.1) is 0 Å². The Morgan fingerprint density at radius 3 is 2.74 bits per heavy atom. The second-order valence-corrected chi connectivity index (χ2v) is 6.26. The lowest BCUT2D eigenvalue weighted by molar-refractivity contribution is -0.149. The summed E-state index contributed by atoms with van der Waals surface area (Å²) in [5.41, 5.74) is 0.942. The molecule has 0 saturated heterocycles. The topological polar surface area (TPSA) is 46.5 Å². The van der Waals surface area contributed by atoms with Crippen molar-refractivity contribution >= 4 is 5.97 Å². The van der Waals surface area contributed by atoms with E-state index in [0.717, 1.165) is 50.5 Å². The van der Waals surface area contributed by atoms with E-state index >= 15 is 0 Å². The van der Waals surface area contributed by atoms with Crippen LogP contribution in [0.3, 0.4) is 0 Å². The number of aliphatic hydroxyl groups is 1. The van der Waals surface area contributed by atoms with Crippen molar-refractivity contribution in [3.05, 3.63) is 48.0 Å². The lowest BCUT2D eigenvalue weighted by Gasteiger charge is -2.18. The van der Waals surface area contributed by atoms with E-state index in [1.165, 1.54) is 0 Å². The Morgan fingerprint density at radius 1 is 1.13 bits per heavy atom. The Hall–Kier alpha value is -1.61. The highest BCUT2D eigenvalue weighted by molar-refractivity contribution is 5.69. The molecule has 0 amide bonds. The molecular weight excluding hydrogens is 288 g/mol. The van der Waals surface area contributed by atoms with Gasteiger partial charge in [-0.1, -0.05) is 42.5 Å². The second-order valence-electron chi connectivity index (χ2n) is 6.26. The van der Waals surface area contributed by atoms with Gasteiger partial charge < -0.3 is 9.84 Å². The molecule has 0 bridgehead atoms. The van der Waals surface area contributed by atoms with Crippen LogP contribution in [0, 0.1) is 0 Å². The molecule has 0 radical (unpaired) electrons. The molecule has 1 aromatic carbocycles. The molecular formula is C20H28O3. The Labute approximate surface area is 139 Å². The van der Waals surface area contributed by atoms with E-state index in [1.54, 1.807) is 0 Å². The first-order chi connectivity index (χ1) is 11.3. The standard InChI is InChI=1S/C20H28O3/c21-19(17-11-5-4-6-12-17)15-9-10-16-20(22)23-18-13-7-2-1-3-8-14-18/h1-2,4-6,11-12,18-19,21H,3,7-10,13-16H2/b2-1+. The number of aliphatic hydroxyl groups excluding tert-OH is 1. The summed E-state index contributed by atoms with van der Waals surface area (Å²) in [4.78, 5) is 11.9. The molecule has 1 aromatic rings. The van der Waals surface area contributed by atoms with E-state index in [-0.39, 0.29) is 12.1 Å². The van der Waals surface area contributed by atoms with E-state index in [4.69, 9.17) is 4.74 Å². The molecule has 0 aromatic heterocycles. The molecule has 0 saturated carbocycles. The third-order valence-electron chi connectivity index (χ3n) is 4.31. The average Bonchev–Trinajstić information content (AvgIpc) is 2.54. The highest BCUT2D eigenvalue weighted by atomic mass is 16.5. The zero-order valence-corrected chi connectivity index (χ0v) is 13.8. The molecule has 0 fully saturated rings. The molecule has 126 valence electrons. The van der Waals surface area contributed by atoms with Crippen LogP contribution >= 0.6 is 0 Å². The Bertz CT molecular complexity index is 481. The number of ether oxygens (including phenoxy) is 1. The van der Waals surface area contributed by atoms with Gasteiger partial charge in [0.25, 0.3) is 0 Å². The van der Waals surface area contributed by atoms with Gasteiger partial charge in [0.05, 0.1) is 6.10 Å². The van der Waals surface area contributed by atoms with Gasteiger partial charge in [0.2, 0.25) is 0 Å². The molecule has 0 heterocycles. The largest absolute Gasteiger partial charge is 0.462 e. The van der Waals surface area contributed by atoms with E-state index in [2.05, 4.69) is 12.2 Å². The molecule has 3 heteroatoms. The fourth-order valence-corrected chi connectivity index (χ4v) is 2.94. The number of unbranched alkanes of at least 4 members (excludes halogenated alkanes) is 1. The van der Waals surface area contributed by atoms with Gasteiger partial charge in [-0.05, 0) is 56.9 Å². The molecule has 3 nitrogen and oxygen atoms in total. The summed E-state index contributed by atoms with van der Waals surface area (Å²) in [6.07, 6.45) is 11.9. The molecule has 2 atom stereocenters. The van der Waals surface area contributed by atoms with E-state index in [1.807, 2.05) is 30.3 Å². The minimum Gasteiger partial charge on any atom is -0.462 e. The first kappa shape index (κ1) is 17.7. The van der Waals surface area contributed by atoms with Crippen LogP contribution in [0.2, 0.25) is 0 Å². The smallest absolute Gasteiger partial charge is 0.306 e. The van der Waals surface area contributed by atoms with Crippen LogP contribution in [-0.2, 0) is 9.53 Å². The Balaban J connectivity index is 1.60. The third-order valence-corrected chi connectivity index (χ3v) is 4.31. The third kappa shape index (κ3) is 7.00. The van der Waals surface area contributed by atoms with Crippen molar-refractivity contribution in [1.82, 2.24) is 0 Å². The zero-order chi connectivity index (χ0) is 16.3. The average molecular weight is 316 g/mol. The monoisotopic (exact) mass is 316 g/mol. The lowest BCUT2D eigenvalue weighted by atomic mass is 10.0. The molecule has 1 aliphatic rings. The summed E-state index contributed by atoms with van der Waals surface area (Å²) < 4.78 is 5.58. The SMILES string of the molecule is O=C(CCCCC(O)c1ccccc1)OC1CC/C=C/CCC1. The van der Waals surface area contributed by atoms with Gasteiger partial charge in [-0.3, -0.25) is 4.79 Å². The van der Waals surface area contributed by atoms with Crippen LogP contribution in [0.4, 0.5) is 0 Å². The molecule has 1 N–H and O–H groups in total. The number of rotatable bonds is 7. The number of carbonyl (C=O) groups excluding carboxylic acids is 1. The van der Waals surface area contributed by atoms with Gasteiger partial charge in [-0.25, -0.2) is 0 Å². The van der Waals surface area contributed by atoms with Crippen LogP contribution in [-0.4, -0.2) is 17.2 Å². The Kier molecular flexibility index (Phi) is 7.88. The molecule has 2 unspecified atom stereocenters. The maximum Gasteiger partial charge on any atom is 0.306 e. The van der Waals surface area contributed by atoms with Crippen molar-refractivity contribution in [1.29, 1.82) is 0 Å². The number of allylic oxidation sites excluding steroid dienone is 2. The van der Waals surface area contributed by atoms with Gasteiger partial charge in [-0.2, -0.15) is 0 Å². The summed E-state index contributed by atoms with van der Waals surface area (Å²) in [7, 11) is 0. The number of benzene rings is 1. The molecule has 1 aliphatic carbocycles. The first-order valence-corrected chi connectivity index (χ1v) is 8.83. The summed E-state index contributed by atoms with van der Waals surface area (Å²) in [6.45, 7) is 0. The summed E-state index contributed by atoms with van der Waals surface area (Å²) >= 11 is 0. The lowest BCUT2D eigenvalue weighted by Crippen LogP contribution is -2.18. The van der Waals surface area contributed by atoms with Crippen molar-refractivity contribution in [3.63, 3.8) is 0 Å². The summed E-state index contributed by atoms with van der Waals surface area (Å²) in [5.74, 6) is -0.0891. The minimum absolute atomic E-state index is 0.0855. The number of hydrogen-bond donors (Lipinski definition) is 1. The van der Waals surface area contributed by atoms with E-state index in [0.29, 0.717) is 12.8 Å². The van der Waals surface area contributed by atoms with Crippen LogP contribution in [0.25, 0.3) is 0 Å². The minimum atomic E-state index is -0.440. The molecule has 0 spiro atoms. The highest BCUT2D eigenvalue weighted by Gasteiger charge is 2.14. The fraction of sp³-hybridized carbons (Fsp3) is 0.550. The van der Waals surface area contributed by atoms with Crippen molar-refractivity contribution in [2.45, 2.75) is 70.0 Å². The Morgan fingerprint density at radius 2 is 1.91 bits per heavy atom. The second kappa shape index (κ2) is 10.2. The van der Waals surface area contributed by atoms with E-state index < -0.39 is 6.10 Å². The van der Waals surface area contributed by atoms with Crippen molar-refractivity contribution in [2.75, 3.05) is 0 Å². The van der Waals surface area contributed by atoms with Gasteiger partial charge in [0, 0.05) is 6.42 Å². The first-order valence-electron chi connectivity index (χ1n) is 8.83. The van der Waals surface area contributed by atoms with Crippen LogP contribution in [0.5, 0.6) is 0 Å². The predicted octanol–water partition coefficient (Wildman–Crippen LogP) is 4.71. The molecule has 2 rings (SSSR count). The molecule has 23 heavy (non-hydrogen) atoms. The zero-order valence-electron chi connectivity index (χ0n) is 13.8. The predicted molar refractivity (Wildman–Crippen MR) is 92.0 cm³/mol. The van der Waals surface area contributed by atoms with Crippen molar-refractivity contribution in [3.8, 4) is 0 Å².